The molecule has 4 unspecified atom stereocenters. The van der Waals surface area contributed by atoms with E-state index >= 15 is 0 Å². The van der Waals surface area contributed by atoms with Crippen molar-refractivity contribution in [3.8, 4) is 0 Å². The van der Waals surface area contributed by atoms with Crippen LogP contribution in [0.2, 0.25) is 0 Å². The predicted octanol–water partition coefficient (Wildman–Crippen LogP) is 2.25. The van der Waals surface area contributed by atoms with Gasteiger partial charge in [-0.2, -0.15) is 0 Å². The van der Waals surface area contributed by atoms with Crippen LogP contribution in [0.25, 0.3) is 0 Å². The van der Waals surface area contributed by atoms with Gasteiger partial charge in [-0.05, 0) is 19.3 Å². The quantitative estimate of drug-likeness (QED) is 0.497. The minimum Gasteiger partial charge on any atom is -0.394 e. The maximum atomic E-state index is 10.3. The SMILES string of the molecule is CCCCOC1C(O)OC(CO)[C@H](OCCCC)C1OCCCC. The van der Waals surface area contributed by atoms with Crippen LogP contribution in [0.4, 0.5) is 0 Å². The van der Waals surface area contributed by atoms with Gasteiger partial charge in [0.1, 0.15) is 24.4 Å². The van der Waals surface area contributed by atoms with Crippen LogP contribution >= 0.6 is 0 Å². The Bertz CT molecular complexity index is 301. The standard InChI is InChI=1S/C18H36O6/c1-4-7-10-21-15-14(13-19)24-18(20)17(23-12-9-6-3)16(15)22-11-8-5-2/h14-20H,4-13H2,1-3H3/t14?,15-,16?,17?,18?/m0/s1. The fraction of sp³-hybridized carbons (Fsp3) is 1.00. The highest BCUT2D eigenvalue weighted by Gasteiger charge is 2.47. The molecule has 0 aliphatic carbocycles. The molecule has 24 heavy (non-hydrogen) atoms. The van der Waals surface area contributed by atoms with Gasteiger partial charge in [0.25, 0.3) is 0 Å². The number of hydrogen-bond donors (Lipinski definition) is 2. The molecule has 0 saturated carbocycles. The third-order valence-electron chi connectivity index (χ3n) is 4.21. The maximum Gasteiger partial charge on any atom is 0.184 e. The van der Waals surface area contributed by atoms with Crippen molar-refractivity contribution in [2.45, 2.75) is 90.0 Å². The highest BCUT2D eigenvalue weighted by molar-refractivity contribution is 4.92. The first-order valence-electron chi connectivity index (χ1n) is 9.48. The number of ether oxygens (including phenoxy) is 4. The molecule has 1 fully saturated rings. The van der Waals surface area contributed by atoms with Gasteiger partial charge in [-0.25, -0.2) is 0 Å². The highest BCUT2D eigenvalue weighted by atomic mass is 16.7. The van der Waals surface area contributed by atoms with E-state index in [1.807, 2.05) is 0 Å². The zero-order valence-electron chi connectivity index (χ0n) is 15.5. The lowest BCUT2D eigenvalue weighted by Gasteiger charge is -2.44. The van der Waals surface area contributed by atoms with Crippen molar-refractivity contribution in [3.05, 3.63) is 0 Å². The first-order valence-corrected chi connectivity index (χ1v) is 9.48. The van der Waals surface area contributed by atoms with Crippen molar-refractivity contribution in [3.63, 3.8) is 0 Å². The molecule has 1 saturated heterocycles. The van der Waals surface area contributed by atoms with Gasteiger partial charge < -0.3 is 29.2 Å². The summed E-state index contributed by atoms with van der Waals surface area (Å²) in [5.41, 5.74) is 0. The highest BCUT2D eigenvalue weighted by Crippen LogP contribution is 2.27. The zero-order chi connectivity index (χ0) is 17.8. The van der Waals surface area contributed by atoms with E-state index in [1.54, 1.807) is 0 Å². The van der Waals surface area contributed by atoms with Gasteiger partial charge in [0.15, 0.2) is 6.29 Å². The third-order valence-corrected chi connectivity index (χ3v) is 4.21. The second kappa shape index (κ2) is 13.0. The molecule has 0 amide bonds. The summed E-state index contributed by atoms with van der Waals surface area (Å²) in [4.78, 5) is 0. The van der Waals surface area contributed by atoms with Crippen molar-refractivity contribution in [2.24, 2.45) is 0 Å². The van der Waals surface area contributed by atoms with Crippen LogP contribution in [-0.4, -0.2) is 67.3 Å². The number of aliphatic hydroxyl groups is 2. The number of aliphatic hydroxyl groups excluding tert-OH is 2. The van der Waals surface area contributed by atoms with Crippen LogP contribution in [0.1, 0.15) is 59.3 Å². The van der Waals surface area contributed by atoms with E-state index in [-0.39, 0.29) is 6.61 Å². The van der Waals surface area contributed by atoms with Crippen LogP contribution in [0.5, 0.6) is 0 Å². The van der Waals surface area contributed by atoms with Crippen LogP contribution in [0.15, 0.2) is 0 Å². The topological polar surface area (TPSA) is 77.4 Å². The van der Waals surface area contributed by atoms with Crippen molar-refractivity contribution in [1.82, 2.24) is 0 Å². The van der Waals surface area contributed by atoms with Crippen LogP contribution in [0.3, 0.4) is 0 Å². The summed E-state index contributed by atoms with van der Waals surface area (Å²) in [6, 6.07) is 0. The first kappa shape index (κ1) is 21.8. The average molecular weight is 348 g/mol. The Morgan fingerprint density at radius 2 is 1.21 bits per heavy atom. The Morgan fingerprint density at radius 3 is 1.67 bits per heavy atom. The molecule has 6 nitrogen and oxygen atoms in total. The summed E-state index contributed by atoms with van der Waals surface area (Å²) in [5.74, 6) is 0. The lowest BCUT2D eigenvalue weighted by Crippen LogP contribution is -2.61. The smallest absolute Gasteiger partial charge is 0.184 e. The van der Waals surface area contributed by atoms with E-state index in [2.05, 4.69) is 20.8 Å². The summed E-state index contributed by atoms with van der Waals surface area (Å²) in [6.45, 7) is 7.76. The largest absolute Gasteiger partial charge is 0.394 e. The minimum atomic E-state index is -1.11. The van der Waals surface area contributed by atoms with Gasteiger partial charge in [0.2, 0.25) is 0 Å². The third kappa shape index (κ3) is 6.94. The average Bonchev–Trinajstić information content (AvgIpc) is 2.58. The van der Waals surface area contributed by atoms with Crippen molar-refractivity contribution in [2.75, 3.05) is 26.4 Å². The number of rotatable bonds is 13. The fourth-order valence-corrected chi connectivity index (χ4v) is 2.70. The summed E-state index contributed by atoms with van der Waals surface area (Å²) < 4.78 is 23.3. The van der Waals surface area contributed by atoms with Gasteiger partial charge in [-0.3, -0.25) is 0 Å². The Hall–Kier alpha value is -0.240. The van der Waals surface area contributed by atoms with Crippen molar-refractivity contribution < 1.29 is 29.2 Å². The lowest BCUT2D eigenvalue weighted by molar-refractivity contribution is -0.310. The van der Waals surface area contributed by atoms with Gasteiger partial charge in [-0.1, -0.05) is 40.0 Å². The van der Waals surface area contributed by atoms with E-state index in [0.717, 1.165) is 38.5 Å². The minimum absolute atomic E-state index is 0.219. The molecule has 0 radical (unpaired) electrons. The molecule has 1 aliphatic rings. The van der Waals surface area contributed by atoms with E-state index in [9.17, 15) is 10.2 Å². The first-order chi connectivity index (χ1) is 11.7. The molecule has 1 rings (SSSR count). The van der Waals surface area contributed by atoms with Crippen molar-refractivity contribution in [1.29, 1.82) is 0 Å². The molecule has 0 spiro atoms. The molecule has 2 N–H and O–H groups in total. The number of hydrogen-bond acceptors (Lipinski definition) is 6. The van der Waals surface area contributed by atoms with Gasteiger partial charge >= 0.3 is 0 Å². The molecule has 0 aromatic carbocycles. The molecule has 1 heterocycles. The monoisotopic (exact) mass is 348 g/mol. The van der Waals surface area contributed by atoms with Gasteiger partial charge in [0, 0.05) is 19.8 Å². The van der Waals surface area contributed by atoms with Crippen molar-refractivity contribution >= 4 is 0 Å². The molecular formula is C18H36O6. The predicted molar refractivity (Wildman–Crippen MR) is 91.9 cm³/mol. The molecular weight excluding hydrogens is 312 g/mol. The molecule has 144 valence electrons. The van der Waals surface area contributed by atoms with Gasteiger partial charge in [0.05, 0.1) is 6.61 Å². The second-order valence-corrected chi connectivity index (χ2v) is 6.31. The van der Waals surface area contributed by atoms with Gasteiger partial charge in [-0.15, -0.1) is 0 Å². The number of unbranched alkanes of at least 4 members (excludes halogenated alkanes) is 3. The molecule has 0 bridgehead atoms. The Kier molecular flexibility index (Phi) is 11.8. The molecule has 0 aromatic rings. The van der Waals surface area contributed by atoms with Crippen LogP contribution in [0, 0.1) is 0 Å². The Morgan fingerprint density at radius 1 is 0.750 bits per heavy atom. The maximum absolute atomic E-state index is 10.3. The second-order valence-electron chi connectivity index (χ2n) is 6.31. The van der Waals surface area contributed by atoms with Crippen LogP contribution < -0.4 is 0 Å². The molecule has 5 atom stereocenters. The molecule has 0 aromatic heterocycles. The summed E-state index contributed by atoms with van der Waals surface area (Å²) in [5, 5.41) is 19.9. The fourth-order valence-electron chi connectivity index (χ4n) is 2.70. The zero-order valence-corrected chi connectivity index (χ0v) is 15.5. The normalized spacial score (nSPS) is 30.6. The summed E-state index contributed by atoms with van der Waals surface area (Å²) in [6.07, 6.45) is 2.65. The van der Waals surface area contributed by atoms with E-state index < -0.39 is 30.7 Å². The van der Waals surface area contributed by atoms with E-state index in [4.69, 9.17) is 18.9 Å². The summed E-state index contributed by atoms with van der Waals surface area (Å²) >= 11 is 0. The lowest BCUT2D eigenvalue weighted by atomic mass is 9.98. The Balaban J connectivity index is 2.79. The Labute approximate surface area is 146 Å². The van der Waals surface area contributed by atoms with E-state index in [0.29, 0.717) is 19.8 Å². The molecule has 1 aliphatic heterocycles. The van der Waals surface area contributed by atoms with E-state index in [1.165, 1.54) is 0 Å². The van der Waals surface area contributed by atoms with Crippen LogP contribution in [-0.2, 0) is 18.9 Å². The molecule has 6 heteroatoms. The summed E-state index contributed by atoms with van der Waals surface area (Å²) in [7, 11) is 0.